The van der Waals surface area contributed by atoms with Crippen molar-refractivity contribution in [3.8, 4) is 0 Å². The number of hydrogen-bond acceptors (Lipinski definition) is 5. The standard InChI is InChI=1S/C24H16N2O4S/c27-21(25-17-10-9-14-5-1-2-6-15(14)11-17)13-20-22(28)26-23(31-20)18-12-16-7-3-4-8-19(16)30-24(18)29/h1-12,20H,13H2,(H,25,27)/t20-/m0/s1. The Labute approximate surface area is 181 Å². The number of amides is 2. The summed E-state index contributed by atoms with van der Waals surface area (Å²) in [6.07, 6.45) is -0.0394. The molecule has 31 heavy (non-hydrogen) atoms. The van der Waals surface area contributed by atoms with Gasteiger partial charge in [0, 0.05) is 17.5 Å². The number of hydrogen-bond donors (Lipinski definition) is 1. The first-order valence-corrected chi connectivity index (χ1v) is 10.6. The summed E-state index contributed by atoms with van der Waals surface area (Å²) in [5, 5.41) is 5.28. The second-order valence-corrected chi connectivity index (χ2v) is 8.35. The molecule has 0 bridgehead atoms. The monoisotopic (exact) mass is 428 g/mol. The van der Waals surface area contributed by atoms with Gasteiger partial charge < -0.3 is 9.73 Å². The van der Waals surface area contributed by atoms with Crippen LogP contribution in [0.1, 0.15) is 12.0 Å². The average molecular weight is 428 g/mol. The molecule has 5 rings (SSSR count). The quantitative estimate of drug-likeness (QED) is 0.488. The van der Waals surface area contributed by atoms with Gasteiger partial charge in [0.1, 0.15) is 15.9 Å². The number of fused-ring (bicyclic) bond motifs is 2. The van der Waals surface area contributed by atoms with Crippen LogP contribution in [0.3, 0.4) is 0 Å². The number of para-hydroxylation sites is 1. The number of benzene rings is 3. The minimum absolute atomic E-state index is 0.0394. The van der Waals surface area contributed by atoms with Gasteiger partial charge in [0.2, 0.25) is 5.91 Å². The van der Waals surface area contributed by atoms with Crippen LogP contribution >= 0.6 is 11.8 Å². The summed E-state index contributed by atoms with van der Waals surface area (Å²) in [4.78, 5) is 41.3. The maximum absolute atomic E-state index is 12.5. The second kappa shape index (κ2) is 7.85. The summed E-state index contributed by atoms with van der Waals surface area (Å²) in [7, 11) is 0. The Hall–Kier alpha value is -3.71. The van der Waals surface area contributed by atoms with Crippen LogP contribution in [0.4, 0.5) is 5.69 Å². The molecular formula is C24H16N2O4S. The van der Waals surface area contributed by atoms with Crippen molar-refractivity contribution in [1.82, 2.24) is 0 Å². The van der Waals surface area contributed by atoms with E-state index in [1.54, 1.807) is 18.2 Å². The van der Waals surface area contributed by atoms with E-state index < -0.39 is 16.8 Å². The number of carbonyl (C=O) groups is 2. The maximum atomic E-state index is 12.5. The van der Waals surface area contributed by atoms with E-state index >= 15 is 0 Å². The minimum atomic E-state index is -0.679. The van der Waals surface area contributed by atoms with Gasteiger partial charge in [-0.1, -0.05) is 60.3 Å². The Morgan fingerprint density at radius 1 is 0.935 bits per heavy atom. The molecule has 1 atom stereocenters. The number of anilines is 1. The van der Waals surface area contributed by atoms with Crippen molar-refractivity contribution < 1.29 is 14.0 Å². The van der Waals surface area contributed by atoms with Crippen molar-refractivity contribution in [3.05, 3.63) is 88.8 Å². The first-order chi connectivity index (χ1) is 15.1. The van der Waals surface area contributed by atoms with Gasteiger partial charge in [0.15, 0.2) is 0 Å². The third kappa shape index (κ3) is 3.87. The van der Waals surface area contributed by atoms with Crippen LogP contribution in [-0.4, -0.2) is 22.1 Å². The Morgan fingerprint density at radius 3 is 2.52 bits per heavy atom. The largest absolute Gasteiger partial charge is 0.422 e. The van der Waals surface area contributed by atoms with Gasteiger partial charge in [0.05, 0.1) is 5.56 Å². The molecule has 1 aliphatic rings. The molecule has 2 heterocycles. The lowest BCUT2D eigenvalue weighted by Crippen LogP contribution is -2.21. The number of rotatable bonds is 4. The molecule has 6 nitrogen and oxygen atoms in total. The maximum Gasteiger partial charge on any atom is 0.346 e. The van der Waals surface area contributed by atoms with Gasteiger partial charge in [-0.15, -0.1) is 0 Å². The zero-order valence-electron chi connectivity index (χ0n) is 16.2. The summed E-state index contributed by atoms with van der Waals surface area (Å²) < 4.78 is 5.33. The molecule has 1 aliphatic heterocycles. The summed E-state index contributed by atoms with van der Waals surface area (Å²) in [6, 6.07) is 22.3. The molecule has 0 radical (unpaired) electrons. The molecule has 7 heteroatoms. The summed E-state index contributed by atoms with van der Waals surface area (Å²) in [6.45, 7) is 0. The normalized spacial score (nSPS) is 15.9. The van der Waals surface area contributed by atoms with Crippen LogP contribution in [-0.2, 0) is 9.59 Å². The molecule has 1 N–H and O–H groups in total. The fourth-order valence-electron chi connectivity index (χ4n) is 3.49. The highest BCUT2D eigenvalue weighted by molar-refractivity contribution is 8.16. The van der Waals surface area contributed by atoms with Crippen LogP contribution in [0.15, 0.2) is 87.0 Å². The highest BCUT2D eigenvalue weighted by atomic mass is 32.2. The molecule has 4 aromatic rings. The van der Waals surface area contributed by atoms with Crippen molar-refractivity contribution in [1.29, 1.82) is 0 Å². The van der Waals surface area contributed by atoms with Crippen LogP contribution in [0.2, 0.25) is 0 Å². The lowest BCUT2D eigenvalue weighted by Gasteiger charge is -2.09. The van der Waals surface area contributed by atoms with E-state index in [4.69, 9.17) is 4.42 Å². The van der Waals surface area contributed by atoms with E-state index in [9.17, 15) is 14.4 Å². The highest BCUT2D eigenvalue weighted by Gasteiger charge is 2.32. The molecule has 0 saturated heterocycles. The molecule has 3 aromatic carbocycles. The van der Waals surface area contributed by atoms with Crippen LogP contribution in [0.25, 0.3) is 21.7 Å². The van der Waals surface area contributed by atoms with Gasteiger partial charge in [0.25, 0.3) is 5.91 Å². The van der Waals surface area contributed by atoms with Gasteiger partial charge in [-0.25, -0.2) is 9.79 Å². The number of nitrogens with one attached hydrogen (secondary N) is 1. The van der Waals surface area contributed by atoms with Crippen molar-refractivity contribution in [2.75, 3.05) is 5.32 Å². The van der Waals surface area contributed by atoms with Crippen molar-refractivity contribution in [3.63, 3.8) is 0 Å². The summed E-state index contributed by atoms with van der Waals surface area (Å²) in [5.74, 6) is -0.718. The second-order valence-electron chi connectivity index (χ2n) is 7.16. The molecule has 1 aromatic heterocycles. The summed E-state index contributed by atoms with van der Waals surface area (Å²) in [5.41, 5.74) is 0.807. The van der Waals surface area contributed by atoms with Crippen molar-refractivity contribution in [2.45, 2.75) is 11.7 Å². The first-order valence-electron chi connectivity index (χ1n) is 9.68. The fraction of sp³-hybridized carbons (Fsp3) is 0.0833. The van der Waals surface area contributed by atoms with Gasteiger partial charge >= 0.3 is 5.63 Å². The van der Waals surface area contributed by atoms with E-state index in [1.165, 1.54) is 0 Å². The van der Waals surface area contributed by atoms with Gasteiger partial charge in [-0.2, -0.15) is 0 Å². The van der Waals surface area contributed by atoms with Gasteiger partial charge in [-0.05, 0) is 35.0 Å². The zero-order valence-corrected chi connectivity index (χ0v) is 17.0. The lowest BCUT2D eigenvalue weighted by atomic mass is 10.1. The van der Waals surface area contributed by atoms with Gasteiger partial charge in [-0.3, -0.25) is 9.59 Å². The SMILES string of the molecule is O=C(C[C@@H]1SC(c2cc3ccccc3oc2=O)=NC1=O)Nc1ccc2ccccc2c1. The van der Waals surface area contributed by atoms with E-state index in [0.29, 0.717) is 11.3 Å². The third-order valence-electron chi connectivity index (χ3n) is 5.02. The molecule has 0 unspecified atom stereocenters. The van der Waals surface area contributed by atoms with E-state index in [-0.39, 0.29) is 22.9 Å². The Kier molecular flexibility index (Phi) is 4.88. The van der Waals surface area contributed by atoms with Crippen LogP contribution in [0.5, 0.6) is 0 Å². The Bertz CT molecular complexity index is 1440. The zero-order chi connectivity index (χ0) is 21.4. The number of nitrogens with zero attached hydrogens (tertiary/aromatic N) is 1. The first kappa shape index (κ1) is 19.3. The van der Waals surface area contributed by atoms with Crippen LogP contribution in [0, 0.1) is 0 Å². The summed E-state index contributed by atoms with van der Waals surface area (Å²) >= 11 is 1.12. The van der Waals surface area contributed by atoms with E-state index in [2.05, 4.69) is 10.3 Å². The molecule has 0 saturated carbocycles. The van der Waals surface area contributed by atoms with Crippen molar-refractivity contribution in [2.24, 2.45) is 4.99 Å². The van der Waals surface area contributed by atoms with E-state index in [0.717, 1.165) is 27.9 Å². The lowest BCUT2D eigenvalue weighted by molar-refractivity contribution is -0.121. The topological polar surface area (TPSA) is 88.7 Å². The molecule has 0 fully saturated rings. The third-order valence-corrected chi connectivity index (χ3v) is 6.20. The average Bonchev–Trinajstić information content (AvgIpc) is 3.12. The highest BCUT2D eigenvalue weighted by Crippen LogP contribution is 2.29. The smallest absolute Gasteiger partial charge is 0.346 e. The molecule has 0 aliphatic carbocycles. The molecule has 2 amide bonds. The predicted molar refractivity (Wildman–Crippen MR) is 123 cm³/mol. The van der Waals surface area contributed by atoms with Crippen molar-refractivity contribution >= 4 is 56.0 Å². The molecule has 152 valence electrons. The minimum Gasteiger partial charge on any atom is -0.422 e. The molecule has 0 spiro atoms. The Balaban J connectivity index is 1.30. The van der Waals surface area contributed by atoms with Crippen LogP contribution < -0.4 is 10.9 Å². The number of aliphatic imine (C=N–C) groups is 1. The fourth-order valence-corrected chi connectivity index (χ4v) is 4.56. The number of carbonyl (C=O) groups excluding carboxylic acids is 2. The van der Waals surface area contributed by atoms with E-state index in [1.807, 2.05) is 54.6 Å². The predicted octanol–water partition coefficient (Wildman–Crippen LogP) is 4.36. The molecular weight excluding hydrogens is 412 g/mol. The number of thioether (sulfide) groups is 1. The Morgan fingerprint density at radius 2 is 1.68 bits per heavy atom.